The van der Waals surface area contributed by atoms with E-state index in [4.69, 9.17) is 11.6 Å². The number of benzene rings is 2. The van der Waals surface area contributed by atoms with Crippen LogP contribution in [0.25, 0.3) is 10.9 Å². The molecule has 2 N–H and O–H groups in total. The summed E-state index contributed by atoms with van der Waals surface area (Å²) in [4.78, 5) is 16.1. The average Bonchev–Trinajstić information content (AvgIpc) is 3.09. The molecule has 1 atom stereocenters. The molecule has 1 unspecified atom stereocenters. The molecule has 2 aromatic carbocycles. The maximum Gasteiger partial charge on any atom is 0.220 e. The van der Waals surface area contributed by atoms with E-state index in [9.17, 15) is 4.79 Å². The van der Waals surface area contributed by atoms with Crippen LogP contribution in [0.15, 0.2) is 48.7 Å². The number of para-hydroxylation sites is 1. The molecule has 0 saturated heterocycles. The number of carbonyl (C=O) groups excluding carboxylic acids is 1. The highest BCUT2D eigenvalue weighted by Crippen LogP contribution is 2.37. The van der Waals surface area contributed by atoms with Crippen LogP contribution in [-0.4, -0.2) is 17.4 Å². The van der Waals surface area contributed by atoms with Crippen LogP contribution < -0.4 is 5.32 Å². The lowest BCUT2D eigenvalue weighted by Crippen LogP contribution is -2.28. The van der Waals surface area contributed by atoms with Crippen LogP contribution >= 0.6 is 11.6 Å². The standard InChI is InChI=1S/C23H27ClN2O/c1-4-16-8-7-10-18-20(14-26-23(16)18)19(12-22(27)25-13-15(2)3)17-9-5-6-11-21(17)24/h5-11,14-15,19,26H,4,12-13H2,1-3H3,(H,25,27). The van der Waals surface area contributed by atoms with Gasteiger partial charge in [0.05, 0.1) is 0 Å². The zero-order valence-corrected chi connectivity index (χ0v) is 16.9. The van der Waals surface area contributed by atoms with Crippen LogP contribution in [0.4, 0.5) is 0 Å². The predicted molar refractivity (Wildman–Crippen MR) is 113 cm³/mol. The molecular weight excluding hydrogens is 356 g/mol. The number of aryl methyl sites for hydroxylation is 1. The minimum Gasteiger partial charge on any atom is -0.361 e. The lowest BCUT2D eigenvalue weighted by Gasteiger charge is -2.19. The number of aromatic nitrogens is 1. The third kappa shape index (κ3) is 4.36. The Bertz CT molecular complexity index is 929. The average molecular weight is 383 g/mol. The molecule has 0 spiro atoms. The molecular formula is C23H27ClN2O. The molecule has 3 nitrogen and oxygen atoms in total. The summed E-state index contributed by atoms with van der Waals surface area (Å²) in [6.45, 7) is 7.03. The van der Waals surface area contributed by atoms with Crippen LogP contribution in [-0.2, 0) is 11.2 Å². The smallest absolute Gasteiger partial charge is 0.220 e. The quantitative estimate of drug-likeness (QED) is 0.542. The highest BCUT2D eigenvalue weighted by Gasteiger charge is 2.23. The Balaban J connectivity index is 2.03. The first-order valence-electron chi connectivity index (χ1n) is 9.61. The molecule has 0 aliphatic carbocycles. The van der Waals surface area contributed by atoms with Crippen molar-refractivity contribution in [1.82, 2.24) is 10.3 Å². The topological polar surface area (TPSA) is 44.9 Å². The maximum absolute atomic E-state index is 12.6. The van der Waals surface area contributed by atoms with Crippen LogP contribution in [0.2, 0.25) is 5.02 Å². The van der Waals surface area contributed by atoms with Gasteiger partial charge in [-0.25, -0.2) is 0 Å². The van der Waals surface area contributed by atoms with Gasteiger partial charge in [-0.1, -0.05) is 68.8 Å². The van der Waals surface area contributed by atoms with Gasteiger partial charge in [-0.15, -0.1) is 0 Å². The second-order valence-corrected chi connectivity index (χ2v) is 7.82. The monoisotopic (exact) mass is 382 g/mol. The molecule has 142 valence electrons. The van der Waals surface area contributed by atoms with Crippen LogP contribution in [0.3, 0.4) is 0 Å². The Labute approximate surface area is 166 Å². The van der Waals surface area contributed by atoms with Crippen molar-refractivity contribution < 1.29 is 4.79 Å². The fraction of sp³-hybridized carbons (Fsp3) is 0.348. The Morgan fingerprint density at radius 2 is 1.89 bits per heavy atom. The second kappa shape index (κ2) is 8.62. The molecule has 0 aliphatic rings. The molecule has 0 aliphatic heterocycles. The highest BCUT2D eigenvalue weighted by molar-refractivity contribution is 6.31. The van der Waals surface area contributed by atoms with Gasteiger partial charge >= 0.3 is 0 Å². The molecule has 0 radical (unpaired) electrons. The summed E-state index contributed by atoms with van der Waals surface area (Å²) in [5, 5.41) is 4.90. The van der Waals surface area contributed by atoms with Gasteiger partial charge in [0.1, 0.15) is 0 Å². The fourth-order valence-corrected chi connectivity index (χ4v) is 3.81. The van der Waals surface area contributed by atoms with Crippen molar-refractivity contribution in [3.8, 4) is 0 Å². The van der Waals surface area contributed by atoms with E-state index in [1.54, 1.807) is 0 Å². The fourth-order valence-electron chi connectivity index (χ4n) is 3.54. The number of hydrogen-bond donors (Lipinski definition) is 2. The van der Waals surface area contributed by atoms with Crippen molar-refractivity contribution in [1.29, 1.82) is 0 Å². The summed E-state index contributed by atoms with van der Waals surface area (Å²) in [5.41, 5.74) is 4.53. The van der Waals surface area contributed by atoms with Gasteiger partial charge in [0.15, 0.2) is 0 Å². The number of hydrogen-bond acceptors (Lipinski definition) is 1. The minimum atomic E-state index is -0.0910. The van der Waals surface area contributed by atoms with Crippen LogP contribution in [0.5, 0.6) is 0 Å². The van der Waals surface area contributed by atoms with Crippen molar-refractivity contribution in [2.45, 2.75) is 39.5 Å². The largest absolute Gasteiger partial charge is 0.361 e. The Morgan fingerprint density at radius 1 is 1.11 bits per heavy atom. The van der Waals surface area contributed by atoms with E-state index in [-0.39, 0.29) is 11.8 Å². The molecule has 0 saturated carbocycles. The number of halogens is 1. The Hall–Kier alpha value is -2.26. The lowest BCUT2D eigenvalue weighted by atomic mass is 9.87. The molecule has 3 rings (SSSR count). The van der Waals surface area contributed by atoms with E-state index in [1.807, 2.05) is 30.5 Å². The summed E-state index contributed by atoms with van der Waals surface area (Å²) in [7, 11) is 0. The lowest BCUT2D eigenvalue weighted by molar-refractivity contribution is -0.121. The third-order valence-corrected chi connectivity index (χ3v) is 5.31. The molecule has 1 heterocycles. The van der Waals surface area contributed by atoms with E-state index in [2.05, 4.69) is 49.3 Å². The van der Waals surface area contributed by atoms with Crippen LogP contribution in [0, 0.1) is 5.92 Å². The van der Waals surface area contributed by atoms with Gasteiger partial charge in [-0.05, 0) is 35.1 Å². The number of aromatic amines is 1. The summed E-state index contributed by atoms with van der Waals surface area (Å²) >= 11 is 6.51. The number of carbonyl (C=O) groups is 1. The third-order valence-electron chi connectivity index (χ3n) is 4.97. The van der Waals surface area contributed by atoms with Crippen LogP contribution in [0.1, 0.15) is 49.8 Å². The Morgan fingerprint density at radius 3 is 2.59 bits per heavy atom. The highest BCUT2D eigenvalue weighted by atomic mass is 35.5. The number of rotatable bonds is 7. The van der Waals surface area contributed by atoms with Gasteiger partial charge in [0.2, 0.25) is 5.91 Å². The molecule has 0 fully saturated rings. The molecule has 3 aromatic rings. The number of fused-ring (bicyclic) bond motifs is 1. The summed E-state index contributed by atoms with van der Waals surface area (Å²) in [6.07, 6.45) is 3.37. The Kier molecular flexibility index (Phi) is 6.22. The normalized spacial score (nSPS) is 12.5. The van der Waals surface area contributed by atoms with Gasteiger partial charge in [-0.3, -0.25) is 4.79 Å². The van der Waals surface area contributed by atoms with E-state index < -0.39 is 0 Å². The molecule has 4 heteroatoms. The van der Waals surface area contributed by atoms with E-state index in [1.165, 1.54) is 5.56 Å². The van der Waals surface area contributed by atoms with Gasteiger partial charge in [0, 0.05) is 41.0 Å². The summed E-state index contributed by atoms with van der Waals surface area (Å²) in [5.74, 6) is 0.384. The van der Waals surface area contributed by atoms with E-state index in [0.29, 0.717) is 23.9 Å². The predicted octanol–water partition coefficient (Wildman–Crippen LogP) is 5.68. The first-order valence-corrected chi connectivity index (χ1v) is 9.99. The SMILES string of the molecule is CCc1cccc2c(C(CC(=O)NCC(C)C)c3ccccc3Cl)c[nH]c12. The van der Waals surface area contributed by atoms with Gasteiger partial charge in [0.25, 0.3) is 0 Å². The summed E-state index contributed by atoms with van der Waals surface area (Å²) in [6, 6.07) is 14.2. The van der Waals surface area contributed by atoms with E-state index >= 15 is 0 Å². The van der Waals surface area contributed by atoms with Crippen molar-refractivity contribution in [3.63, 3.8) is 0 Å². The minimum absolute atomic E-state index is 0.0506. The van der Waals surface area contributed by atoms with Gasteiger partial charge in [-0.2, -0.15) is 0 Å². The van der Waals surface area contributed by atoms with Crippen molar-refractivity contribution in [2.24, 2.45) is 5.92 Å². The second-order valence-electron chi connectivity index (χ2n) is 7.41. The van der Waals surface area contributed by atoms with Crippen molar-refractivity contribution >= 4 is 28.4 Å². The van der Waals surface area contributed by atoms with E-state index in [0.717, 1.165) is 28.5 Å². The summed E-state index contributed by atoms with van der Waals surface area (Å²) < 4.78 is 0. The number of H-pyrrole nitrogens is 1. The number of amides is 1. The zero-order chi connectivity index (χ0) is 19.4. The van der Waals surface area contributed by atoms with Crippen molar-refractivity contribution in [2.75, 3.05) is 6.54 Å². The van der Waals surface area contributed by atoms with Gasteiger partial charge < -0.3 is 10.3 Å². The molecule has 1 amide bonds. The molecule has 0 bridgehead atoms. The first kappa shape index (κ1) is 19.5. The molecule has 27 heavy (non-hydrogen) atoms. The zero-order valence-electron chi connectivity index (χ0n) is 16.2. The first-order chi connectivity index (χ1) is 13.0. The number of nitrogens with one attached hydrogen (secondary N) is 2. The van der Waals surface area contributed by atoms with Crippen molar-refractivity contribution in [3.05, 3.63) is 70.4 Å². The maximum atomic E-state index is 12.6. The molecule has 1 aromatic heterocycles.